The molecule has 108 valence electrons. The first-order chi connectivity index (χ1) is 9.65. The van der Waals surface area contributed by atoms with Crippen LogP contribution in [0.25, 0.3) is 11.0 Å². The quantitative estimate of drug-likeness (QED) is 0.849. The third-order valence-corrected chi connectivity index (χ3v) is 2.97. The summed E-state index contributed by atoms with van der Waals surface area (Å²) in [5.74, 6) is 1.38. The SMILES string of the molecule is CCOc1cccc2cc(C(C)NC(=O)CNC)oc12. The molecule has 0 radical (unpaired) electrons. The second-order valence-electron chi connectivity index (χ2n) is 4.58. The number of carbonyl (C=O) groups is 1. The van der Waals surface area contributed by atoms with Crippen LogP contribution in [0.4, 0.5) is 0 Å². The Morgan fingerprint density at radius 3 is 2.95 bits per heavy atom. The van der Waals surface area contributed by atoms with Crippen LogP contribution in [0, 0.1) is 0 Å². The zero-order valence-electron chi connectivity index (χ0n) is 12.0. The maximum Gasteiger partial charge on any atom is 0.234 e. The molecule has 2 aromatic rings. The van der Waals surface area contributed by atoms with Crippen molar-refractivity contribution in [2.75, 3.05) is 20.2 Å². The minimum atomic E-state index is -0.183. The fraction of sp³-hybridized carbons (Fsp3) is 0.400. The Morgan fingerprint density at radius 2 is 2.25 bits per heavy atom. The van der Waals surface area contributed by atoms with Crippen LogP contribution in [0.3, 0.4) is 0 Å². The van der Waals surface area contributed by atoms with E-state index in [-0.39, 0.29) is 18.5 Å². The molecule has 1 amide bonds. The smallest absolute Gasteiger partial charge is 0.234 e. The van der Waals surface area contributed by atoms with E-state index in [0.717, 1.165) is 22.5 Å². The number of hydrogen-bond acceptors (Lipinski definition) is 4. The van der Waals surface area contributed by atoms with Crippen LogP contribution < -0.4 is 15.4 Å². The lowest BCUT2D eigenvalue weighted by Crippen LogP contribution is -2.33. The number of carbonyl (C=O) groups excluding carboxylic acids is 1. The standard InChI is InChI=1S/C15H20N2O3/c1-4-19-12-7-5-6-11-8-13(20-15(11)12)10(2)17-14(18)9-16-3/h5-8,10,16H,4,9H2,1-3H3,(H,17,18). The molecule has 2 rings (SSSR count). The van der Waals surface area contributed by atoms with Gasteiger partial charge in [0.2, 0.25) is 5.91 Å². The van der Waals surface area contributed by atoms with Gasteiger partial charge in [0.1, 0.15) is 5.76 Å². The Balaban J connectivity index is 2.22. The zero-order chi connectivity index (χ0) is 14.5. The van der Waals surface area contributed by atoms with E-state index < -0.39 is 0 Å². The lowest BCUT2D eigenvalue weighted by molar-refractivity contribution is -0.120. The van der Waals surface area contributed by atoms with Crippen LogP contribution in [-0.4, -0.2) is 26.1 Å². The first-order valence-electron chi connectivity index (χ1n) is 6.75. The van der Waals surface area contributed by atoms with Gasteiger partial charge in [-0.15, -0.1) is 0 Å². The van der Waals surface area contributed by atoms with Crippen molar-refractivity contribution >= 4 is 16.9 Å². The number of fused-ring (bicyclic) bond motifs is 1. The van der Waals surface area contributed by atoms with Crippen molar-refractivity contribution in [1.29, 1.82) is 0 Å². The maximum atomic E-state index is 11.6. The molecule has 1 unspecified atom stereocenters. The number of rotatable bonds is 6. The van der Waals surface area contributed by atoms with Crippen molar-refractivity contribution in [3.63, 3.8) is 0 Å². The molecule has 20 heavy (non-hydrogen) atoms. The summed E-state index contributed by atoms with van der Waals surface area (Å²) in [6, 6.07) is 7.52. The Hall–Kier alpha value is -2.01. The van der Waals surface area contributed by atoms with Crippen LogP contribution in [-0.2, 0) is 4.79 Å². The monoisotopic (exact) mass is 276 g/mol. The molecule has 0 saturated carbocycles. The van der Waals surface area contributed by atoms with E-state index in [4.69, 9.17) is 9.15 Å². The van der Waals surface area contributed by atoms with Gasteiger partial charge in [0, 0.05) is 5.39 Å². The Labute approximate surface area is 118 Å². The number of ether oxygens (including phenoxy) is 1. The van der Waals surface area contributed by atoms with E-state index in [1.807, 2.05) is 38.1 Å². The van der Waals surface area contributed by atoms with Gasteiger partial charge in [-0.05, 0) is 33.0 Å². The van der Waals surface area contributed by atoms with E-state index in [2.05, 4.69) is 10.6 Å². The number of amides is 1. The summed E-state index contributed by atoms with van der Waals surface area (Å²) in [4.78, 5) is 11.6. The van der Waals surface area contributed by atoms with E-state index in [9.17, 15) is 4.79 Å². The highest BCUT2D eigenvalue weighted by atomic mass is 16.5. The van der Waals surface area contributed by atoms with Crippen molar-refractivity contribution in [3.05, 3.63) is 30.0 Å². The van der Waals surface area contributed by atoms with Crippen LogP contribution in [0.1, 0.15) is 25.6 Å². The van der Waals surface area contributed by atoms with Gasteiger partial charge in [-0.1, -0.05) is 12.1 Å². The van der Waals surface area contributed by atoms with Crippen LogP contribution in [0.2, 0.25) is 0 Å². The van der Waals surface area contributed by atoms with Gasteiger partial charge in [0.15, 0.2) is 11.3 Å². The first-order valence-corrected chi connectivity index (χ1v) is 6.75. The van der Waals surface area contributed by atoms with Crippen molar-refractivity contribution in [1.82, 2.24) is 10.6 Å². The van der Waals surface area contributed by atoms with E-state index in [0.29, 0.717) is 6.61 Å². The minimum Gasteiger partial charge on any atom is -0.490 e. The lowest BCUT2D eigenvalue weighted by Gasteiger charge is -2.10. The molecule has 5 heteroatoms. The van der Waals surface area contributed by atoms with E-state index in [1.54, 1.807) is 7.05 Å². The average Bonchev–Trinajstić information content (AvgIpc) is 2.84. The molecule has 1 aromatic heterocycles. The number of hydrogen-bond donors (Lipinski definition) is 2. The highest BCUT2D eigenvalue weighted by molar-refractivity contribution is 5.84. The summed E-state index contributed by atoms with van der Waals surface area (Å²) in [5.41, 5.74) is 0.721. The molecule has 0 aliphatic heterocycles. The fourth-order valence-electron chi connectivity index (χ4n) is 2.06. The molecule has 0 aliphatic rings. The summed E-state index contributed by atoms with van der Waals surface area (Å²) < 4.78 is 11.4. The number of para-hydroxylation sites is 1. The molecule has 5 nitrogen and oxygen atoms in total. The predicted octanol–water partition coefficient (Wildman–Crippen LogP) is 2.23. The third kappa shape index (κ3) is 3.11. The van der Waals surface area contributed by atoms with Gasteiger partial charge >= 0.3 is 0 Å². The molecule has 0 spiro atoms. The number of benzene rings is 1. The predicted molar refractivity (Wildman–Crippen MR) is 77.9 cm³/mol. The van der Waals surface area contributed by atoms with Crippen molar-refractivity contribution < 1.29 is 13.9 Å². The summed E-state index contributed by atoms with van der Waals surface area (Å²) in [6.07, 6.45) is 0. The second kappa shape index (κ2) is 6.43. The second-order valence-corrected chi connectivity index (χ2v) is 4.58. The number of furan rings is 1. The van der Waals surface area contributed by atoms with Gasteiger partial charge in [-0.3, -0.25) is 4.79 Å². The van der Waals surface area contributed by atoms with E-state index in [1.165, 1.54) is 0 Å². The minimum absolute atomic E-state index is 0.0644. The van der Waals surface area contributed by atoms with Gasteiger partial charge in [0.25, 0.3) is 0 Å². The lowest BCUT2D eigenvalue weighted by atomic mass is 10.2. The van der Waals surface area contributed by atoms with Crippen LogP contribution >= 0.6 is 0 Å². The van der Waals surface area contributed by atoms with E-state index >= 15 is 0 Å². The topological polar surface area (TPSA) is 63.5 Å². The zero-order valence-corrected chi connectivity index (χ0v) is 12.0. The molecule has 2 N–H and O–H groups in total. The summed E-state index contributed by atoms with van der Waals surface area (Å²) in [7, 11) is 1.74. The molecule has 1 atom stereocenters. The largest absolute Gasteiger partial charge is 0.490 e. The number of nitrogens with one attached hydrogen (secondary N) is 2. The molecule has 0 bridgehead atoms. The summed E-state index contributed by atoms with van der Waals surface area (Å²) in [6.45, 7) is 4.70. The highest BCUT2D eigenvalue weighted by Gasteiger charge is 2.15. The molecule has 0 saturated heterocycles. The Morgan fingerprint density at radius 1 is 1.45 bits per heavy atom. The summed E-state index contributed by atoms with van der Waals surface area (Å²) >= 11 is 0. The van der Waals surface area contributed by atoms with Gasteiger partial charge in [-0.25, -0.2) is 0 Å². The number of likely N-dealkylation sites (N-methyl/N-ethyl adjacent to an activating group) is 1. The Kier molecular flexibility index (Phi) is 4.63. The van der Waals surface area contributed by atoms with Gasteiger partial charge in [-0.2, -0.15) is 0 Å². The van der Waals surface area contributed by atoms with Crippen molar-refractivity contribution in [2.24, 2.45) is 0 Å². The van der Waals surface area contributed by atoms with Gasteiger partial charge < -0.3 is 19.8 Å². The average molecular weight is 276 g/mol. The Bertz CT molecular complexity index is 592. The van der Waals surface area contributed by atoms with Crippen LogP contribution in [0.15, 0.2) is 28.7 Å². The fourth-order valence-corrected chi connectivity index (χ4v) is 2.06. The van der Waals surface area contributed by atoms with Gasteiger partial charge in [0.05, 0.1) is 19.2 Å². The maximum absolute atomic E-state index is 11.6. The molecular formula is C15H20N2O3. The van der Waals surface area contributed by atoms with Crippen molar-refractivity contribution in [2.45, 2.75) is 19.9 Å². The van der Waals surface area contributed by atoms with Crippen molar-refractivity contribution in [3.8, 4) is 5.75 Å². The highest BCUT2D eigenvalue weighted by Crippen LogP contribution is 2.31. The molecule has 0 fully saturated rings. The third-order valence-electron chi connectivity index (χ3n) is 2.97. The summed E-state index contributed by atoms with van der Waals surface area (Å²) in [5, 5.41) is 6.66. The molecule has 1 aromatic carbocycles. The molecule has 0 aliphatic carbocycles. The first kappa shape index (κ1) is 14.4. The normalized spacial score (nSPS) is 12.3. The molecular weight excluding hydrogens is 256 g/mol. The molecule has 1 heterocycles. The van der Waals surface area contributed by atoms with Crippen LogP contribution in [0.5, 0.6) is 5.75 Å².